The van der Waals surface area contributed by atoms with Crippen molar-refractivity contribution in [3.63, 3.8) is 0 Å². The molecule has 0 unspecified atom stereocenters. The highest BCUT2D eigenvalue weighted by molar-refractivity contribution is 5.76. The van der Waals surface area contributed by atoms with Gasteiger partial charge in [-0.25, -0.2) is 0 Å². The van der Waals surface area contributed by atoms with E-state index in [1.165, 1.54) is 12.8 Å². The Labute approximate surface area is 150 Å². The Hall–Kier alpha value is -1.75. The molecule has 1 aliphatic heterocycles. The summed E-state index contributed by atoms with van der Waals surface area (Å²) in [6, 6.07) is 6.45. The second-order valence-electron chi connectivity index (χ2n) is 7.20. The SMILES string of the molecule is COc1ccc(CCC(=O)N2CCC(NCC3CC3)CC2)cc1OC. The number of piperidine rings is 1. The lowest BCUT2D eigenvalue weighted by atomic mass is 10.0. The van der Waals surface area contributed by atoms with E-state index in [2.05, 4.69) is 5.32 Å². The van der Waals surface area contributed by atoms with Crippen molar-refractivity contribution in [3.8, 4) is 11.5 Å². The van der Waals surface area contributed by atoms with Crippen LogP contribution in [0.2, 0.25) is 0 Å². The lowest BCUT2D eigenvalue weighted by Gasteiger charge is -2.32. The summed E-state index contributed by atoms with van der Waals surface area (Å²) in [5.41, 5.74) is 1.10. The predicted molar refractivity (Wildman–Crippen MR) is 98.2 cm³/mol. The molecule has 1 heterocycles. The number of nitrogens with zero attached hydrogens (tertiary/aromatic N) is 1. The van der Waals surface area contributed by atoms with Gasteiger partial charge in [-0.1, -0.05) is 6.07 Å². The summed E-state index contributed by atoms with van der Waals surface area (Å²) in [5, 5.41) is 3.66. The first-order chi connectivity index (χ1) is 12.2. The second kappa shape index (κ2) is 8.56. The standard InChI is InChI=1S/C20H30N2O3/c1-24-18-7-5-15(13-19(18)25-2)6-8-20(23)22-11-9-17(10-12-22)21-14-16-3-4-16/h5,7,13,16-17,21H,3-4,6,8-12,14H2,1-2H3. The summed E-state index contributed by atoms with van der Waals surface area (Å²) in [6.45, 7) is 2.93. The van der Waals surface area contributed by atoms with Crippen molar-refractivity contribution < 1.29 is 14.3 Å². The molecule has 138 valence electrons. The highest BCUT2D eigenvalue weighted by atomic mass is 16.5. The Balaban J connectivity index is 1.42. The summed E-state index contributed by atoms with van der Waals surface area (Å²) in [6.07, 6.45) is 6.22. The highest BCUT2D eigenvalue weighted by Crippen LogP contribution is 2.29. The third-order valence-corrected chi connectivity index (χ3v) is 5.32. The molecule has 1 amide bonds. The maximum atomic E-state index is 12.5. The van der Waals surface area contributed by atoms with Crippen LogP contribution in [-0.4, -0.2) is 50.7 Å². The number of hydrogen-bond acceptors (Lipinski definition) is 4. The first-order valence-electron chi connectivity index (χ1n) is 9.41. The lowest BCUT2D eigenvalue weighted by molar-refractivity contribution is -0.132. The van der Waals surface area contributed by atoms with Crippen molar-refractivity contribution in [3.05, 3.63) is 23.8 Å². The zero-order chi connectivity index (χ0) is 17.6. The Kier molecular flexibility index (Phi) is 6.19. The highest BCUT2D eigenvalue weighted by Gasteiger charge is 2.25. The van der Waals surface area contributed by atoms with Crippen LogP contribution in [0, 0.1) is 5.92 Å². The van der Waals surface area contributed by atoms with E-state index in [0.717, 1.165) is 61.9 Å². The van der Waals surface area contributed by atoms with Crippen LogP contribution in [0.25, 0.3) is 0 Å². The van der Waals surface area contributed by atoms with Crippen LogP contribution >= 0.6 is 0 Å². The van der Waals surface area contributed by atoms with E-state index in [4.69, 9.17) is 9.47 Å². The molecular weight excluding hydrogens is 316 g/mol. The molecule has 5 nitrogen and oxygen atoms in total. The summed E-state index contributed by atoms with van der Waals surface area (Å²) in [5.74, 6) is 2.62. The Morgan fingerprint density at radius 1 is 1.12 bits per heavy atom. The van der Waals surface area contributed by atoms with E-state index < -0.39 is 0 Å². The first kappa shape index (κ1) is 18.1. The maximum absolute atomic E-state index is 12.5. The van der Waals surface area contributed by atoms with Crippen LogP contribution in [0.1, 0.15) is 37.7 Å². The topological polar surface area (TPSA) is 50.8 Å². The fraction of sp³-hybridized carbons (Fsp3) is 0.650. The zero-order valence-electron chi connectivity index (χ0n) is 15.4. The fourth-order valence-electron chi connectivity index (χ4n) is 3.43. The number of carbonyl (C=O) groups is 1. The molecule has 0 aromatic heterocycles. The molecule has 0 radical (unpaired) electrons. The minimum atomic E-state index is 0.260. The van der Waals surface area contributed by atoms with Gasteiger partial charge in [-0.3, -0.25) is 4.79 Å². The monoisotopic (exact) mass is 346 g/mol. The van der Waals surface area contributed by atoms with Crippen molar-refractivity contribution in [2.45, 2.75) is 44.6 Å². The average Bonchev–Trinajstić information content (AvgIpc) is 3.49. The molecule has 2 aliphatic rings. The van der Waals surface area contributed by atoms with Gasteiger partial charge in [-0.2, -0.15) is 0 Å². The third-order valence-electron chi connectivity index (χ3n) is 5.32. The maximum Gasteiger partial charge on any atom is 0.222 e. The summed E-state index contributed by atoms with van der Waals surface area (Å²) in [7, 11) is 3.26. The van der Waals surface area contributed by atoms with Gasteiger partial charge in [0, 0.05) is 25.6 Å². The number of carbonyl (C=O) groups excluding carboxylic acids is 1. The quantitative estimate of drug-likeness (QED) is 0.786. The van der Waals surface area contributed by atoms with Crippen LogP contribution in [0.4, 0.5) is 0 Å². The number of hydrogen-bond donors (Lipinski definition) is 1. The van der Waals surface area contributed by atoms with Crippen LogP contribution < -0.4 is 14.8 Å². The molecule has 1 aromatic rings. The summed E-state index contributed by atoms with van der Waals surface area (Å²) in [4.78, 5) is 14.5. The van der Waals surface area contributed by atoms with E-state index in [-0.39, 0.29) is 5.91 Å². The fourth-order valence-corrected chi connectivity index (χ4v) is 3.43. The van der Waals surface area contributed by atoms with E-state index in [9.17, 15) is 4.79 Å². The van der Waals surface area contributed by atoms with Gasteiger partial charge in [-0.15, -0.1) is 0 Å². The van der Waals surface area contributed by atoms with Gasteiger partial charge < -0.3 is 19.7 Å². The van der Waals surface area contributed by atoms with Gasteiger partial charge in [0.1, 0.15) is 0 Å². The van der Waals surface area contributed by atoms with Crippen LogP contribution in [0.15, 0.2) is 18.2 Å². The number of benzene rings is 1. The van der Waals surface area contributed by atoms with Crippen molar-refractivity contribution in [1.29, 1.82) is 0 Å². The smallest absolute Gasteiger partial charge is 0.222 e. The Morgan fingerprint density at radius 2 is 1.84 bits per heavy atom. The Morgan fingerprint density at radius 3 is 2.48 bits per heavy atom. The second-order valence-corrected chi connectivity index (χ2v) is 7.20. The van der Waals surface area contributed by atoms with Crippen LogP contribution in [-0.2, 0) is 11.2 Å². The van der Waals surface area contributed by atoms with Crippen molar-refractivity contribution in [2.24, 2.45) is 5.92 Å². The molecule has 1 saturated heterocycles. The normalized spacial score (nSPS) is 18.2. The molecule has 1 aliphatic carbocycles. The van der Waals surface area contributed by atoms with Crippen molar-refractivity contribution in [1.82, 2.24) is 10.2 Å². The van der Waals surface area contributed by atoms with E-state index >= 15 is 0 Å². The van der Waals surface area contributed by atoms with Gasteiger partial charge in [0.2, 0.25) is 5.91 Å². The number of aryl methyl sites for hydroxylation is 1. The number of nitrogens with one attached hydrogen (secondary N) is 1. The molecule has 1 aromatic carbocycles. The minimum Gasteiger partial charge on any atom is -0.493 e. The van der Waals surface area contributed by atoms with Crippen molar-refractivity contribution >= 4 is 5.91 Å². The molecule has 1 saturated carbocycles. The molecule has 25 heavy (non-hydrogen) atoms. The Bertz CT molecular complexity index is 578. The predicted octanol–water partition coefficient (Wildman–Crippen LogP) is 2.63. The molecule has 0 bridgehead atoms. The molecule has 3 rings (SSSR count). The molecule has 2 fully saturated rings. The zero-order valence-corrected chi connectivity index (χ0v) is 15.4. The minimum absolute atomic E-state index is 0.260. The molecule has 0 atom stereocenters. The van der Waals surface area contributed by atoms with E-state index in [1.807, 2.05) is 23.1 Å². The molecule has 5 heteroatoms. The number of methoxy groups -OCH3 is 2. The van der Waals surface area contributed by atoms with Gasteiger partial charge in [0.25, 0.3) is 0 Å². The van der Waals surface area contributed by atoms with Gasteiger partial charge in [-0.05, 0) is 62.3 Å². The number of rotatable bonds is 8. The largest absolute Gasteiger partial charge is 0.493 e. The van der Waals surface area contributed by atoms with Gasteiger partial charge in [0.05, 0.1) is 14.2 Å². The number of ether oxygens (including phenoxy) is 2. The van der Waals surface area contributed by atoms with Crippen LogP contribution in [0.5, 0.6) is 11.5 Å². The molecule has 1 N–H and O–H groups in total. The van der Waals surface area contributed by atoms with Crippen molar-refractivity contribution in [2.75, 3.05) is 33.9 Å². The van der Waals surface area contributed by atoms with Gasteiger partial charge >= 0.3 is 0 Å². The van der Waals surface area contributed by atoms with E-state index in [0.29, 0.717) is 12.5 Å². The molecule has 0 spiro atoms. The number of likely N-dealkylation sites (tertiary alicyclic amines) is 1. The first-order valence-corrected chi connectivity index (χ1v) is 9.41. The average molecular weight is 346 g/mol. The summed E-state index contributed by atoms with van der Waals surface area (Å²) >= 11 is 0. The van der Waals surface area contributed by atoms with Crippen LogP contribution in [0.3, 0.4) is 0 Å². The van der Waals surface area contributed by atoms with E-state index in [1.54, 1.807) is 14.2 Å². The third kappa shape index (κ3) is 5.11. The lowest BCUT2D eigenvalue weighted by Crippen LogP contribution is -2.45. The van der Waals surface area contributed by atoms with Gasteiger partial charge in [0.15, 0.2) is 11.5 Å². The molecular formula is C20H30N2O3. The summed E-state index contributed by atoms with van der Waals surface area (Å²) < 4.78 is 10.6. The number of amides is 1.